The Hall–Kier alpha value is -0.630. The van der Waals surface area contributed by atoms with E-state index in [2.05, 4.69) is 0 Å². The fourth-order valence-corrected chi connectivity index (χ4v) is 2.83. The topological polar surface area (TPSA) is 0 Å². The van der Waals surface area contributed by atoms with Crippen LogP contribution in [0.25, 0.3) is 0 Å². The van der Waals surface area contributed by atoms with Gasteiger partial charge >= 0.3 is 0 Å². The summed E-state index contributed by atoms with van der Waals surface area (Å²) >= 11 is 6.13. The summed E-state index contributed by atoms with van der Waals surface area (Å²) in [7, 11) is 0. The zero-order chi connectivity index (χ0) is 11.5. The van der Waals surface area contributed by atoms with Crippen LogP contribution in [0.1, 0.15) is 43.6 Å². The first-order valence-corrected chi connectivity index (χ1v) is 6.20. The van der Waals surface area contributed by atoms with Gasteiger partial charge in [-0.2, -0.15) is 0 Å². The maximum Gasteiger partial charge on any atom is 0.129 e. The highest BCUT2D eigenvalue weighted by Crippen LogP contribution is 2.36. The molecule has 2 rings (SSSR count). The van der Waals surface area contributed by atoms with Crippen LogP contribution in [0.5, 0.6) is 0 Å². The molecule has 0 radical (unpaired) electrons. The summed E-state index contributed by atoms with van der Waals surface area (Å²) in [6, 6.07) is 4.06. The van der Waals surface area contributed by atoms with Crippen LogP contribution in [-0.2, 0) is 0 Å². The second kappa shape index (κ2) is 5.13. The molecule has 88 valence electrons. The lowest BCUT2D eigenvalue weighted by atomic mass is 9.91. The number of hydrogen-bond acceptors (Lipinski definition) is 0. The van der Waals surface area contributed by atoms with E-state index in [0.29, 0.717) is 6.42 Å². The van der Waals surface area contributed by atoms with Gasteiger partial charge in [-0.25, -0.2) is 8.78 Å². The molecule has 16 heavy (non-hydrogen) atoms. The fraction of sp³-hybridized carbons (Fsp3) is 0.538. The molecule has 0 amide bonds. The Bertz CT molecular complexity index is 345. The number of hydrogen-bond donors (Lipinski definition) is 0. The van der Waals surface area contributed by atoms with E-state index in [-0.39, 0.29) is 16.9 Å². The molecule has 1 aromatic carbocycles. The minimum absolute atomic E-state index is 0.0477. The van der Waals surface area contributed by atoms with E-state index in [0.717, 1.165) is 25.7 Å². The molecule has 1 aliphatic carbocycles. The second-order valence-electron chi connectivity index (χ2n) is 4.45. The summed E-state index contributed by atoms with van der Waals surface area (Å²) in [5.74, 6) is -0.933. The van der Waals surface area contributed by atoms with Gasteiger partial charge in [0.05, 0.1) is 0 Å². The molecule has 0 spiro atoms. The van der Waals surface area contributed by atoms with Crippen molar-refractivity contribution < 1.29 is 8.78 Å². The minimum Gasteiger partial charge on any atom is -0.207 e. The van der Waals surface area contributed by atoms with Crippen molar-refractivity contribution in [3.05, 3.63) is 35.4 Å². The predicted molar refractivity (Wildman–Crippen MR) is 61.8 cm³/mol. The van der Waals surface area contributed by atoms with E-state index in [1.807, 2.05) is 0 Å². The Labute approximate surface area is 99.6 Å². The third-order valence-corrected chi connectivity index (χ3v) is 3.66. The van der Waals surface area contributed by atoms with Crippen molar-refractivity contribution >= 4 is 11.6 Å². The Balaban J connectivity index is 2.28. The highest BCUT2D eigenvalue weighted by molar-refractivity contribution is 6.20. The van der Waals surface area contributed by atoms with Gasteiger partial charge in [0, 0.05) is 10.9 Å². The largest absolute Gasteiger partial charge is 0.207 e. The normalized spacial score (nSPS) is 26.4. The van der Waals surface area contributed by atoms with Crippen LogP contribution < -0.4 is 0 Å². The molecule has 1 fully saturated rings. The van der Waals surface area contributed by atoms with Crippen molar-refractivity contribution in [2.24, 2.45) is 0 Å². The molecule has 0 N–H and O–H groups in total. The van der Waals surface area contributed by atoms with E-state index < -0.39 is 11.6 Å². The molecule has 0 saturated heterocycles. The van der Waals surface area contributed by atoms with Gasteiger partial charge in [0.25, 0.3) is 0 Å². The Morgan fingerprint density at radius 2 is 1.69 bits per heavy atom. The van der Waals surface area contributed by atoms with Crippen LogP contribution in [0.4, 0.5) is 8.78 Å². The molecule has 3 heteroatoms. The summed E-state index contributed by atoms with van der Waals surface area (Å²) < 4.78 is 27.2. The van der Waals surface area contributed by atoms with Gasteiger partial charge in [0.15, 0.2) is 0 Å². The van der Waals surface area contributed by atoms with Gasteiger partial charge in [-0.3, -0.25) is 0 Å². The standard InChI is InChI=1S/C13H15ClF2/c14-10-5-2-1-4-9(8-10)13-11(15)6-3-7-12(13)16/h3,6-7,9-10H,1-2,4-5,8H2. The lowest BCUT2D eigenvalue weighted by Crippen LogP contribution is -2.08. The van der Waals surface area contributed by atoms with Crippen molar-refractivity contribution in [1.82, 2.24) is 0 Å². The van der Waals surface area contributed by atoms with E-state index in [1.165, 1.54) is 18.2 Å². The van der Waals surface area contributed by atoms with E-state index in [9.17, 15) is 8.78 Å². The Kier molecular flexibility index (Phi) is 3.80. The number of alkyl halides is 1. The molecule has 0 heterocycles. The monoisotopic (exact) mass is 244 g/mol. The summed E-state index contributed by atoms with van der Waals surface area (Å²) in [6.45, 7) is 0. The van der Waals surface area contributed by atoms with Crippen molar-refractivity contribution in [3.8, 4) is 0 Å². The molecule has 0 nitrogen and oxygen atoms in total. The average molecular weight is 245 g/mol. The average Bonchev–Trinajstić information content (AvgIpc) is 2.43. The summed E-state index contributed by atoms with van der Waals surface area (Å²) in [5.41, 5.74) is 0.232. The lowest BCUT2D eigenvalue weighted by Gasteiger charge is -2.17. The van der Waals surface area contributed by atoms with Gasteiger partial charge in [-0.1, -0.05) is 18.9 Å². The van der Waals surface area contributed by atoms with E-state index in [4.69, 9.17) is 11.6 Å². The second-order valence-corrected chi connectivity index (χ2v) is 5.07. The molecule has 1 aliphatic rings. The first-order valence-electron chi connectivity index (χ1n) is 5.76. The van der Waals surface area contributed by atoms with Gasteiger partial charge in [0.1, 0.15) is 11.6 Å². The highest BCUT2D eigenvalue weighted by Gasteiger charge is 2.24. The van der Waals surface area contributed by atoms with Crippen molar-refractivity contribution in [3.63, 3.8) is 0 Å². The summed E-state index contributed by atoms with van der Waals surface area (Å²) in [6.07, 6.45) is 4.52. The predicted octanol–water partition coefficient (Wildman–Crippen LogP) is 4.62. The van der Waals surface area contributed by atoms with Gasteiger partial charge < -0.3 is 0 Å². The van der Waals surface area contributed by atoms with Crippen LogP contribution in [0.15, 0.2) is 18.2 Å². The molecular formula is C13H15ClF2. The van der Waals surface area contributed by atoms with Crippen molar-refractivity contribution in [1.29, 1.82) is 0 Å². The zero-order valence-corrected chi connectivity index (χ0v) is 9.81. The van der Waals surface area contributed by atoms with Crippen LogP contribution in [0, 0.1) is 11.6 Å². The molecule has 1 saturated carbocycles. The smallest absolute Gasteiger partial charge is 0.129 e. The van der Waals surface area contributed by atoms with Crippen molar-refractivity contribution in [2.45, 2.75) is 43.4 Å². The molecular weight excluding hydrogens is 230 g/mol. The number of rotatable bonds is 1. The number of benzene rings is 1. The van der Waals surface area contributed by atoms with Crippen LogP contribution in [0.3, 0.4) is 0 Å². The molecule has 0 aromatic heterocycles. The first kappa shape index (κ1) is 11.8. The third-order valence-electron chi connectivity index (χ3n) is 3.27. The van der Waals surface area contributed by atoms with Crippen LogP contribution >= 0.6 is 11.6 Å². The molecule has 2 unspecified atom stereocenters. The fourth-order valence-electron chi connectivity index (χ4n) is 2.46. The molecule has 1 aromatic rings. The molecule has 0 bridgehead atoms. The maximum atomic E-state index is 13.6. The van der Waals surface area contributed by atoms with E-state index in [1.54, 1.807) is 0 Å². The van der Waals surface area contributed by atoms with Gasteiger partial charge in [-0.15, -0.1) is 11.6 Å². The minimum atomic E-state index is -0.434. The highest BCUT2D eigenvalue weighted by atomic mass is 35.5. The maximum absolute atomic E-state index is 13.6. The quantitative estimate of drug-likeness (QED) is 0.500. The zero-order valence-electron chi connectivity index (χ0n) is 9.06. The molecule has 0 aliphatic heterocycles. The molecule has 2 atom stereocenters. The van der Waals surface area contributed by atoms with Crippen LogP contribution in [0.2, 0.25) is 0 Å². The SMILES string of the molecule is Fc1cccc(F)c1C1CCCCC(Cl)C1. The summed E-state index contributed by atoms with van der Waals surface area (Å²) in [5, 5.41) is 0.0477. The Morgan fingerprint density at radius 3 is 2.38 bits per heavy atom. The van der Waals surface area contributed by atoms with Crippen molar-refractivity contribution in [2.75, 3.05) is 0 Å². The van der Waals surface area contributed by atoms with E-state index >= 15 is 0 Å². The summed E-state index contributed by atoms with van der Waals surface area (Å²) in [4.78, 5) is 0. The lowest BCUT2D eigenvalue weighted by molar-refractivity contribution is 0.494. The third kappa shape index (κ3) is 2.54. The number of halogens is 3. The van der Waals surface area contributed by atoms with Gasteiger partial charge in [-0.05, 0) is 37.3 Å². The first-order chi connectivity index (χ1) is 7.68. The van der Waals surface area contributed by atoms with Gasteiger partial charge in [0.2, 0.25) is 0 Å². The van der Waals surface area contributed by atoms with Crippen LogP contribution in [-0.4, -0.2) is 5.38 Å². The Morgan fingerprint density at radius 1 is 1.06 bits per heavy atom.